The van der Waals surface area contributed by atoms with Crippen molar-refractivity contribution in [3.63, 3.8) is 0 Å². The minimum absolute atomic E-state index is 0.0182. The summed E-state index contributed by atoms with van der Waals surface area (Å²) in [4.78, 5) is 38.5. The van der Waals surface area contributed by atoms with Crippen molar-refractivity contribution >= 4 is 28.6 Å². The molecule has 0 aliphatic heterocycles. The zero-order valence-electron chi connectivity index (χ0n) is 17.1. The fourth-order valence-corrected chi connectivity index (χ4v) is 3.55. The Morgan fingerprint density at radius 2 is 1.88 bits per heavy atom. The van der Waals surface area contributed by atoms with Gasteiger partial charge in [0.2, 0.25) is 11.8 Å². The van der Waals surface area contributed by atoms with Gasteiger partial charge in [-0.1, -0.05) is 30.3 Å². The number of primary amides is 1. The lowest BCUT2D eigenvalue weighted by molar-refractivity contribution is -0.137. The molecule has 3 amide bonds. The number of fused-ring (bicyclic) bond motifs is 1. The topological polar surface area (TPSA) is 110 Å². The van der Waals surface area contributed by atoms with Crippen molar-refractivity contribution in [2.24, 2.45) is 5.73 Å². The van der Waals surface area contributed by atoms with Gasteiger partial charge in [-0.25, -0.2) is 8.78 Å². The van der Waals surface area contributed by atoms with Crippen molar-refractivity contribution in [1.82, 2.24) is 20.0 Å². The Labute approximate surface area is 182 Å². The Kier molecular flexibility index (Phi) is 5.85. The highest BCUT2D eigenvalue weighted by Gasteiger charge is 2.34. The van der Waals surface area contributed by atoms with E-state index in [1.165, 1.54) is 21.7 Å². The van der Waals surface area contributed by atoms with Crippen LogP contribution in [0.15, 0.2) is 42.5 Å². The van der Waals surface area contributed by atoms with Crippen molar-refractivity contribution < 1.29 is 23.2 Å². The summed E-state index contributed by atoms with van der Waals surface area (Å²) in [6.07, 6.45) is 1.54. The molecule has 0 unspecified atom stereocenters. The quantitative estimate of drug-likeness (QED) is 0.555. The molecule has 0 atom stereocenters. The van der Waals surface area contributed by atoms with E-state index >= 15 is 0 Å². The zero-order valence-corrected chi connectivity index (χ0v) is 17.1. The Bertz CT molecular complexity index is 1210. The molecule has 3 aromatic rings. The molecule has 0 spiro atoms. The van der Waals surface area contributed by atoms with Crippen LogP contribution in [0.3, 0.4) is 0 Å². The number of aromatic nitrogens is 2. The van der Waals surface area contributed by atoms with Crippen molar-refractivity contribution in [3.8, 4) is 0 Å². The molecule has 0 bridgehead atoms. The number of nitrogens with two attached hydrogens (primary N) is 1. The molecule has 32 heavy (non-hydrogen) atoms. The Morgan fingerprint density at radius 1 is 1.12 bits per heavy atom. The third kappa shape index (κ3) is 4.43. The van der Waals surface area contributed by atoms with Gasteiger partial charge in [0.05, 0.1) is 12.1 Å². The Balaban J connectivity index is 1.45. The lowest BCUT2D eigenvalue weighted by Crippen LogP contribution is -2.43. The fourth-order valence-electron chi connectivity index (χ4n) is 3.55. The summed E-state index contributed by atoms with van der Waals surface area (Å²) in [5.74, 6) is -3.54. The maximum atomic E-state index is 13.8. The number of rotatable bonds is 8. The number of halogens is 2. The van der Waals surface area contributed by atoms with E-state index in [1.54, 1.807) is 24.3 Å². The third-order valence-corrected chi connectivity index (χ3v) is 5.31. The summed E-state index contributed by atoms with van der Waals surface area (Å²) in [7, 11) is 0. The van der Waals surface area contributed by atoms with Crippen LogP contribution in [0.1, 0.15) is 28.9 Å². The molecule has 3 N–H and O–H groups in total. The number of benzene rings is 2. The van der Waals surface area contributed by atoms with Crippen LogP contribution in [-0.4, -0.2) is 45.0 Å². The van der Waals surface area contributed by atoms with Crippen LogP contribution >= 0.6 is 0 Å². The molecule has 1 fully saturated rings. The summed E-state index contributed by atoms with van der Waals surface area (Å²) in [6, 6.07) is 10.6. The summed E-state index contributed by atoms with van der Waals surface area (Å²) >= 11 is 0. The van der Waals surface area contributed by atoms with E-state index in [2.05, 4.69) is 10.4 Å². The lowest BCUT2D eigenvalue weighted by Gasteiger charge is -2.22. The molecular weight excluding hydrogens is 420 g/mol. The molecule has 8 nitrogen and oxygen atoms in total. The molecule has 1 aliphatic carbocycles. The zero-order chi connectivity index (χ0) is 22.8. The number of hydrogen-bond donors (Lipinski definition) is 2. The van der Waals surface area contributed by atoms with Gasteiger partial charge in [-0.15, -0.1) is 0 Å². The number of nitrogens with one attached hydrogen (secondary N) is 1. The summed E-state index contributed by atoms with van der Waals surface area (Å²) < 4.78 is 28.5. The average molecular weight is 441 g/mol. The molecule has 0 radical (unpaired) electrons. The van der Waals surface area contributed by atoms with E-state index in [4.69, 9.17) is 5.73 Å². The van der Waals surface area contributed by atoms with Crippen LogP contribution in [-0.2, 0) is 22.7 Å². The number of hydrogen-bond acceptors (Lipinski definition) is 4. The van der Waals surface area contributed by atoms with Gasteiger partial charge in [0, 0.05) is 23.5 Å². The SMILES string of the molecule is NC(=O)c1nn(CC(=O)N(CC(=O)NCc2cccc(F)c2F)C2CC2)c2ccccc12. The molecule has 4 rings (SSSR count). The summed E-state index contributed by atoms with van der Waals surface area (Å²) in [5.41, 5.74) is 6.06. The smallest absolute Gasteiger partial charge is 0.269 e. The monoisotopic (exact) mass is 441 g/mol. The summed E-state index contributed by atoms with van der Waals surface area (Å²) in [6.45, 7) is -0.584. The van der Waals surface area contributed by atoms with E-state index < -0.39 is 23.4 Å². The van der Waals surface area contributed by atoms with Crippen LogP contribution < -0.4 is 11.1 Å². The van der Waals surface area contributed by atoms with Crippen LogP contribution in [0.25, 0.3) is 10.9 Å². The number of amides is 3. The Hall–Kier alpha value is -3.82. The maximum absolute atomic E-state index is 13.8. The van der Waals surface area contributed by atoms with Gasteiger partial charge in [0.1, 0.15) is 6.54 Å². The third-order valence-electron chi connectivity index (χ3n) is 5.31. The van der Waals surface area contributed by atoms with Gasteiger partial charge < -0.3 is 16.0 Å². The second-order valence-corrected chi connectivity index (χ2v) is 7.63. The molecule has 10 heteroatoms. The standard InChI is InChI=1S/C22H21F2N5O3/c23-16-6-3-4-13(20(16)24)10-26-18(30)11-28(14-8-9-14)19(31)12-29-17-7-2-1-5-15(17)21(27-29)22(25)32/h1-7,14H,8-12H2,(H2,25,32)(H,26,30). The first-order chi connectivity index (χ1) is 15.3. The van der Waals surface area contributed by atoms with Crippen LogP contribution in [0.5, 0.6) is 0 Å². The van der Waals surface area contributed by atoms with Gasteiger partial charge >= 0.3 is 0 Å². The van der Waals surface area contributed by atoms with Gasteiger partial charge in [-0.05, 0) is 25.0 Å². The van der Waals surface area contributed by atoms with E-state index in [9.17, 15) is 23.2 Å². The predicted molar refractivity (Wildman–Crippen MR) is 111 cm³/mol. The van der Waals surface area contributed by atoms with Crippen LogP contribution in [0, 0.1) is 11.6 Å². The van der Waals surface area contributed by atoms with E-state index in [1.807, 2.05) is 0 Å². The first kappa shape index (κ1) is 21.4. The highest BCUT2D eigenvalue weighted by Crippen LogP contribution is 2.27. The first-order valence-corrected chi connectivity index (χ1v) is 10.1. The van der Waals surface area contributed by atoms with Gasteiger partial charge in [-0.2, -0.15) is 5.10 Å². The predicted octanol–water partition coefficient (Wildman–Crippen LogP) is 1.72. The molecule has 1 aliphatic rings. The minimum atomic E-state index is -1.02. The minimum Gasteiger partial charge on any atom is -0.364 e. The number of nitrogens with zero attached hydrogens (tertiary/aromatic N) is 3. The highest BCUT2D eigenvalue weighted by molar-refractivity contribution is 6.04. The average Bonchev–Trinajstić information content (AvgIpc) is 3.54. The fraction of sp³-hybridized carbons (Fsp3) is 0.273. The molecule has 1 saturated carbocycles. The lowest BCUT2D eigenvalue weighted by atomic mass is 10.2. The van der Waals surface area contributed by atoms with Crippen LogP contribution in [0.2, 0.25) is 0 Å². The van der Waals surface area contributed by atoms with Crippen molar-refractivity contribution in [2.45, 2.75) is 32.0 Å². The largest absolute Gasteiger partial charge is 0.364 e. The first-order valence-electron chi connectivity index (χ1n) is 10.1. The summed E-state index contributed by atoms with van der Waals surface area (Å²) in [5, 5.41) is 7.25. The van der Waals surface area contributed by atoms with E-state index in [0.29, 0.717) is 10.9 Å². The number of para-hydroxylation sites is 1. The molecule has 166 valence electrons. The van der Waals surface area contributed by atoms with Gasteiger partial charge in [0.15, 0.2) is 17.3 Å². The second-order valence-electron chi connectivity index (χ2n) is 7.63. The van der Waals surface area contributed by atoms with Crippen molar-refractivity contribution in [2.75, 3.05) is 6.54 Å². The normalized spacial score (nSPS) is 13.2. The number of carbonyl (C=O) groups excluding carboxylic acids is 3. The molecule has 1 heterocycles. The molecular formula is C22H21F2N5O3. The number of carbonyl (C=O) groups is 3. The van der Waals surface area contributed by atoms with Crippen LogP contribution in [0.4, 0.5) is 8.78 Å². The van der Waals surface area contributed by atoms with Crippen molar-refractivity contribution in [1.29, 1.82) is 0 Å². The highest BCUT2D eigenvalue weighted by atomic mass is 19.2. The Morgan fingerprint density at radius 3 is 2.59 bits per heavy atom. The van der Waals surface area contributed by atoms with E-state index in [0.717, 1.165) is 18.9 Å². The van der Waals surface area contributed by atoms with Crippen molar-refractivity contribution in [3.05, 3.63) is 65.4 Å². The molecule has 2 aromatic carbocycles. The van der Waals surface area contributed by atoms with Gasteiger partial charge in [0.25, 0.3) is 5.91 Å². The maximum Gasteiger partial charge on any atom is 0.269 e. The van der Waals surface area contributed by atoms with Gasteiger partial charge in [-0.3, -0.25) is 19.1 Å². The molecule has 1 aromatic heterocycles. The van der Waals surface area contributed by atoms with E-state index in [-0.39, 0.29) is 42.8 Å². The second kappa shape index (κ2) is 8.74. The molecule has 0 saturated heterocycles.